The molecule has 1 unspecified atom stereocenters. The maximum absolute atomic E-state index is 5.29. The van der Waals surface area contributed by atoms with Crippen LogP contribution in [0, 0.1) is 6.92 Å². The normalized spacial score (nSPS) is 17.8. The molecule has 1 aromatic heterocycles. The van der Waals surface area contributed by atoms with Gasteiger partial charge in [-0.15, -0.1) is 0 Å². The molecule has 0 bridgehead atoms. The second-order valence-electron chi connectivity index (χ2n) is 5.19. The summed E-state index contributed by atoms with van der Waals surface area (Å²) in [6.07, 6.45) is 3.24. The lowest BCUT2D eigenvalue weighted by molar-refractivity contribution is 0.346. The van der Waals surface area contributed by atoms with Crippen molar-refractivity contribution in [1.82, 2.24) is 15.5 Å². The van der Waals surface area contributed by atoms with Crippen molar-refractivity contribution in [3.63, 3.8) is 0 Å². The number of methoxy groups -OCH3 is 1. The first-order valence-electron chi connectivity index (χ1n) is 6.93. The van der Waals surface area contributed by atoms with Crippen LogP contribution in [-0.4, -0.2) is 23.3 Å². The third-order valence-electron chi connectivity index (χ3n) is 3.75. The highest BCUT2D eigenvalue weighted by molar-refractivity contribution is 5.37. The molecule has 0 saturated carbocycles. The Bertz CT molecular complexity index is 595. The Morgan fingerprint density at radius 2 is 2.30 bits per heavy atom. The maximum Gasteiger partial charge on any atom is 0.240 e. The average molecular weight is 273 g/mol. The van der Waals surface area contributed by atoms with Crippen LogP contribution in [0.15, 0.2) is 22.7 Å². The molecule has 5 nitrogen and oxygen atoms in total. The third kappa shape index (κ3) is 2.82. The minimum atomic E-state index is 0.446. The Labute approximate surface area is 118 Å². The van der Waals surface area contributed by atoms with E-state index < -0.39 is 0 Å². The van der Waals surface area contributed by atoms with Gasteiger partial charge in [0.05, 0.1) is 13.7 Å². The molecule has 1 N–H and O–H groups in total. The van der Waals surface area contributed by atoms with E-state index in [1.807, 2.05) is 13.0 Å². The van der Waals surface area contributed by atoms with Gasteiger partial charge in [-0.05, 0) is 49.4 Å². The number of benzene rings is 1. The predicted molar refractivity (Wildman–Crippen MR) is 74.7 cm³/mol. The van der Waals surface area contributed by atoms with Gasteiger partial charge in [0.2, 0.25) is 5.89 Å². The number of hydrogen-bond acceptors (Lipinski definition) is 5. The number of aryl methyl sites for hydroxylation is 2. The standard InChI is InChI=1S/C15H19N3O2/c1-10-17-15(20-18-10)9-16-13-5-3-11-4-6-14(19-2)8-12(11)7-13/h4,6,8,13,16H,3,5,7,9H2,1-2H3. The molecular weight excluding hydrogens is 254 g/mol. The van der Waals surface area contributed by atoms with E-state index >= 15 is 0 Å². The van der Waals surface area contributed by atoms with Gasteiger partial charge in [0.15, 0.2) is 5.82 Å². The highest BCUT2D eigenvalue weighted by atomic mass is 16.5. The number of nitrogens with one attached hydrogen (secondary N) is 1. The molecule has 0 saturated heterocycles. The number of nitrogens with zero attached hydrogens (tertiary/aromatic N) is 2. The minimum absolute atomic E-state index is 0.446. The first kappa shape index (κ1) is 13.1. The lowest BCUT2D eigenvalue weighted by atomic mass is 9.88. The lowest BCUT2D eigenvalue weighted by Gasteiger charge is -2.25. The summed E-state index contributed by atoms with van der Waals surface area (Å²) in [4.78, 5) is 4.21. The van der Waals surface area contributed by atoms with Crippen molar-refractivity contribution in [3.8, 4) is 5.75 Å². The fraction of sp³-hybridized carbons (Fsp3) is 0.467. The number of hydrogen-bond donors (Lipinski definition) is 1. The van der Waals surface area contributed by atoms with Crippen LogP contribution in [-0.2, 0) is 19.4 Å². The van der Waals surface area contributed by atoms with Crippen molar-refractivity contribution in [2.24, 2.45) is 0 Å². The van der Waals surface area contributed by atoms with E-state index in [2.05, 4.69) is 27.6 Å². The summed E-state index contributed by atoms with van der Waals surface area (Å²) in [6, 6.07) is 6.79. The van der Waals surface area contributed by atoms with Gasteiger partial charge in [-0.1, -0.05) is 11.2 Å². The van der Waals surface area contributed by atoms with E-state index in [4.69, 9.17) is 9.26 Å². The summed E-state index contributed by atoms with van der Waals surface area (Å²) < 4.78 is 10.4. The Kier molecular flexibility index (Phi) is 3.69. The van der Waals surface area contributed by atoms with Gasteiger partial charge in [0.25, 0.3) is 0 Å². The molecule has 0 spiro atoms. The van der Waals surface area contributed by atoms with E-state index in [1.54, 1.807) is 7.11 Å². The van der Waals surface area contributed by atoms with E-state index in [0.29, 0.717) is 24.3 Å². The van der Waals surface area contributed by atoms with Gasteiger partial charge >= 0.3 is 0 Å². The quantitative estimate of drug-likeness (QED) is 0.923. The van der Waals surface area contributed by atoms with E-state index in [0.717, 1.165) is 25.0 Å². The zero-order valence-corrected chi connectivity index (χ0v) is 11.8. The van der Waals surface area contributed by atoms with Crippen LogP contribution < -0.4 is 10.1 Å². The molecule has 5 heteroatoms. The minimum Gasteiger partial charge on any atom is -0.497 e. The monoisotopic (exact) mass is 273 g/mol. The Hall–Kier alpha value is -1.88. The third-order valence-corrected chi connectivity index (χ3v) is 3.75. The van der Waals surface area contributed by atoms with E-state index in [-0.39, 0.29) is 0 Å². The van der Waals surface area contributed by atoms with Gasteiger partial charge in [0.1, 0.15) is 5.75 Å². The number of aromatic nitrogens is 2. The van der Waals surface area contributed by atoms with Gasteiger partial charge in [-0.2, -0.15) is 4.98 Å². The van der Waals surface area contributed by atoms with Crippen LogP contribution in [0.4, 0.5) is 0 Å². The Morgan fingerprint density at radius 3 is 3.05 bits per heavy atom. The Morgan fingerprint density at radius 1 is 1.40 bits per heavy atom. The highest BCUT2D eigenvalue weighted by Gasteiger charge is 2.19. The molecule has 1 aliphatic rings. The summed E-state index contributed by atoms with van der Waals surface area (Å²) in [6.45, 7) is 2.46. The molecule has 1 aliphatic carbocycles. The first-order chi connectivity index (χ1) is 9.74. The van der Waals surface area contributed by atoms with E-state index in [1.165, 1.54) is 11.1 Å². The molecule has 3 rings (SSSR count). The molecule has 1 heterocycles. The molecule has 106 valence electrons. The smallest absolute Gasteiger partial charge is 0.240 e. The predicted octanol–water partition coefficient (Wildman–Crippen LogP) is 2.03. The lowest BCUT2D eigenvalue weighted by Crippen LogP contribution is -2.34. The molecule has 1 aromatic carbocycles. The summed E-state index contributed by atoms with van der Waals surface area (Å²) in [5, 5.41) is 7.29. The molecule has 20 heavy (non-hydrogen) atoms. The topological polar surface area (TPSA) is 60.2 Å². The molecule has 0 amide bonds. The number of ether oxygens (including phenoxy) is 1. The Balaban J connectivity index is 1.62. The van der Waals surface area contributed by atoms with Crippen molar-refractivity contribution in [2.75, 3.05) is 7.11 Å². The van der Waals surface area contributed by atoms with Crippen LogP contribution in [0.3, 0.4) is 0 Å². The van der Waals surface area contributed by atoms with Crippen LogP contribution in [0.2, 0.25) is 0 Å². The van der Waals surface area contributed by atoms with Gasteiger partial charge in [-0.3, -0.25) is 0 Å². The zero-order chi connectivity index (χ0) is 13.9. The van der Waals surface area contributed by atoms with Crippen LogP contribution >= 0.6 is 0 Å². The zero-order valence-electron chi connectivity index (χ0n) is 11.8. The molecule has 2 aromatic rings. The maximum atomic E-state index is 5.29. The SMILES string of the molecule is COc1ccc2c(c1)CC(NCc1nc(C)no1)CC2. The number of rotatable bonds is 4. The molecule has 0 fully saturated rings. The van der Waals surface area contributed by atoms with Crippen LogP contribution in [0.5, 0.6) is 5.75 Å². The van der Waals surface area contributed by atoms with Crippen LogP contribution in [0.1, 0.15) is 29.3 Å². The second kappa shape index (κ2) is 5.63. The molecular formula is C15H19N3O2. The van der Waals surface area contributed by atoms with Crippen molar-refractivity contribution < 1.29 is 9.26 Å². The van der Waals surface area contributed by atoms with Crippen molar-refractivity contribution in [3.05, 3.63) is 41.0 Å². The van der Waals surface area contributed by atoms with E-state index in [9.17, 15) is 0 Å². The fourth-order valence-corrected chi connectivity index (χ4v) is 2.68. The summed E-state index contributed by atoms with van der Waals surface area (Å²) in [5.41, 5.74) is 2.80. The fourth-order valence-electron chi connectivity index (χ4n) is 2.68. The van der Waals surface area contributed by atoms with Crippen molar-refractivity contribution >= 4 is 0 Å². The first-order valence-corrected chi connectivity index (χ1v) is 6.93. The molecule has 0 aliphatic heterocycles. The summed E-state index contributed by atoms with van der Waals surface area (Å²) in [7, 11) is 1.71. The van der Waals surface area contributed by atoms with Crippen molar-refractivity contribution in [2.45, 2.75) is 38.8 Å². The molecule has 0 radical (unpaired) electrons. The van der Waals surface area contributed by atoms with Crippen LogP contribution in [0.25, 0.3) is 0 Å². The average Bonchev–Trinajstić information content (AvgIpc) is 2.90. The highest BCUT2D eigenvalue weighted by Crippen LogP contribution is 2.25. The second-order valence-corrected chi connectivity index (χ2v) is 5.19. The molecule has 1 atom stereocenters. The summed E-state index contributed by atoms with van der Waals surface area (Å²) >= 11 is 0. The van der Waals surface area contributed by atoms with Gasteiger partial charge in [0, 0.05) is 6.04 Å². The van der Waals surface area contributed by atoms with Gasteiger partial charge < -0.3 is 14.6 Å². The van der Waals surface area contributed by atoms with Crippen molar-refractivity contribution in [1.29, 1.82) is 0 Å². The van der Waals surface area contributed by atoms with Gasteiger partial charge in [-0.25, -0.2) is 0 Å². The summed E-state index contributed by atoms with van der Waals surface area (Å²) in [5.74, 6) is 2.26. The largest absolute Gasteiger partial charge is 0.497 e. The number of fused-ring (bicyclic) bond motifs is 1.